The lowest BCUT2D eigenvalue weighted by Gasteiger charge is -2.07. The third-order valence-electron chi connectivity index (χ3n) is 3.12. The molecule has 19 heavy (non-hydrogen) atoms. The Morgan fingerprint density at radius 1 is 1.32 bits per heavy atom. The van der Waals surface area contributed by atoms with Crippen molar-refractivity contribution < 1.29 is 0 Å². The molecule has 0 aliphatic heterocycles. The van der Waals surface area contributed by atoms with E-state index >= 15 is 0 Å². The second-order valence-electron chi connectivity index (χ2n) is 4.28. The Morgan fingerprint density at radius 3 is 2.89 bits per heavy atom. The minimum absolute atomic E-state index is 0.624. The van der Waals surface area contributed by atoms with Crippen LogP contribution in [0.15, 0.2) is 36.7 Å². The first-order valence-electron chi connectivity index (χ1n) is 6.06. The van der Waals surface area contributed by atoms with Crippen molar-refractivity contribution in [3.63, 3.8) is 0 Å². The summed E-state index contributed by atoms with van der Waals surface area (Å²) in [6.45, 7) is 2.87. The number of fused-ring (bicyclic) bond motifs is 1. The van der Waals surface area contributed by atoms with Gasteiger partial charge >= 0.3 is 0 Å². The first kappa shape index (κ1) is 12.0. The molecule has 0 saturated heterocycles. The molecule has 0 aliphatic rings. The van der Waals surface area contributed by atoms with E-state index in [1.807, 2.05) is 24.3 Å². The molecule has 0 spiro atoms. The highest BCUT2D eigenvalue weighted by Crippen LogP contribution is 2.29. The maximum atomic E-state index is 6.06. The van der Waals surface area contributed by atoms with Gasteiger partial charge in [0.2, 0.25) is 0 Å². The molecule has 2 heterocycles. The van der Waals surface area contributed by atoms with Crippen molar-refractivity contribution in [1.82, 2.24) is 14.5 Å². The zero-order valence-corrected chi connectivity index (χ0v) is 11.2. The molecule has 0 aliphatic carbocycles. The minimum Gasteiger partial charge on any atom is -0.397 e. The largest absolute Gasteiger partial charge is 0.397 e. The number of nitrogen functional groups attached to an aromatic ring is 1. The quantitative estimate of drug-likeness (QED) is 0.778. The summed E-state index contributed by atoms with van der Waals surface area (Å²) in [5.41, 5.74) is 9.43. The van der Waals surface area contributed by atoms with Crippen molar-refractivity contribution >= 4 is 28.3 Å². The van der Waals surface area contributed by atoms with Gasteiger partial charge in [-0.05, 0) is 31.2 Å². The summed E-state index contributed by atoms with van der Waals surface area (Å²) in [6.07, 6.45) is 3.36. The van der Waals surface area contributed by atoms with Crippen molar-refractivity contribution in [2.45, 2.75) is 13.5 Å². The van der Waals surface area contributed by atoms with Gasteiger partial charge < -0.3 is 10.3 Å². The van der Waals surface area contributed by atoms with Crippen molar-refractivity contribution in [3.8, 4) is 11.4 Å². The van der Waals surface area contributed by atoms with Crippen molar-refractivity contribution in [1.29, 1.82) is 0 Å². The van der Waals surface area contributed by atoms with Crippen LogP contribution in [0.4, 0.5) is 5.69 Å². The van der Waals surface area contributed by atoms with Gasteiger partial charge in [0.1, 0.15) is 5.82 Å². The van der Waals surface area contributed by atoms with Crippen LogP contribution in [0.5, 0.6) is 0 Å². The van der Waals surface area contributed by atoms with Gasteiger partial charge in [-0.2, -0.15) is 0 Å². The van der Waals surface area contributed by atoms with Crippen LogP contribution in [0.2, 0.25) is 5.02 Å². The molecule has 0 atom stereocenters. The van der Waals surface area contributed by atoms with Gasteiger partial charge in [-0.15, -0.1) is 0 Å². The van der Waals surface area contributed by atoms with Crippen LogP contribution in [0, 0.1) is 0 Å². The molecule has 3 aromatic rings. The van der Waals surface area contributed by atoms with E-state index < -0.39 is 0 Å². The summed E-state index contributed by atoms with van der Waals surface area (Å²) >= 11 is 6.06. The molecule has 2 aromatic heterocycles. The smallest absolute Gasteiger partial charge is 0.143 e. The zero-order valence-electron chi connectivity index (χ0n) is 10.5. The normalized spacial score (nSPS) is 11.1. The highest BCUT2D eigenvalue weighted by molar-refractivity contribution is 6.31. The molecule has 96 valence electrons. The fourth-order valence-electron chi connectivity index (χ4n) is 2.23. The summed E-state index contributed by atoms with van der Waals surface area (Å²) in [5.74, 6) is 0.847. The van der Waals surface area contributed by atoms with E-state index in [1.54, 1.807) is 12.4 Å². The minimum atomic E-state index is 0.624. The Labute approximate surface area is 115 Å². The van der Waals surface area contributed by atoms with E-state index in [2.05, 4.69) is 21.5 Å². The number of pyridine rings is 1. The van der Waals surface area contributed by atoms with Gasteiger partial charge in [0.05, 0.1) is 22.9 Å². The molecule has 1 aromatic carbocycles. The average molecular weight is 273 g/mol. The van der Waals surface area contributed by atoms with Crippen LogP contribution >= 0.6 is 11.6 Å². The number of hydrogen-bond acceptors (Lipinski definition) is 3. The lowest BCUT2D eigenvalue weighted by atomic mass is 10.2. The first-order valence-corrected chi connectivity index (χ1v) is 6.44. The van der Waals surface area contributed by atoms with Crippen LogP contribution in [-0.4, -0.2) is 14.5 Å². The number of aromatic nitrogens is 3. The Bertz CT molecular complexity index is 748. The maximum Gasteiger partial charge on any atom is 0.143 e. The molecule has 0 amide bonds. The second kappa shape index (κ2) is 4.55. The van der Waals surface area contributed by atoms with Crippen molar-refractivity contribution in [2.75, 3.05) is 5.73 Å². The molecular formula is C14H13ClN4. The number of rotatable bonds is 2. The highest BCUT2D eigenvalue weighted by atomic mass is 35.5. The monoisotopic (exact) mass is 272 g/mol. The zero-order chi connectivity index (χ0) is 13.4. The lowest BCUT2D eigenvalue weighted by Crippen LogP contribution is -2.00. The Morgan fingerprint density at radius 2 is 2.16 bits per heavy atom. The van der Waals surface area contributed by atoms with E-state index in [-0.39, 0.29) is 0 Å². The van der Waals surface area contributed by atoms with E-state index in [0.29, 0.717) is 10.7 Å². The number of aryl methyl sites for hydroxylation is 1. The van der Waals surface area contributed by atoms with E-state index in [9.17, 15) is 0 Å². The first-order chi connectivity index (χ1) is 9.20. The average Bonchev–Trinajstić information content (AvgIpc) is 2.76. The Kier molecular flexibility index (Phi) is 2.87. The summed E-state index contributed by atoms with van der Waals surface area (Å²) < 4.78 is 2.10. The molecule has 0 unspecified atom stereocenters. The van der Waals surface area contributed by atoms with Crippen LogP contribution in [0.1, 0.15) is 6.92 Å². The van der Waals surface area contributed by atoms with Crippen LogP contribution in [0.3, 0.4) is 0 Å². The van der Waals surface area contributed by atoms with Crippen LogP contribution in [-0.2, 0) is 6.54 Å². The number of imidazole rings is 1. The van der Waals surface area contributed by atoms with Crippen molar-refractivity contribution in [2.24, 2.45) is 0 Å². The van der Waals surface area contributed by atoms with Crippen LogP contribution < -0.4 is 5.73 Å². The summed E-state index contributed by atoms with van der Waals surface area (Å²) in [5, 5.41) is 0.705. The van der Waals surface area contributed by atoms with Gasteiger partial charge in [-0.3, -0.25) is 4.98 Å². The van der Waals surface area contributed by atoms with E-state index in [0.717, 1.165) is 29.0 Å². The predicted molar refractivity (Wildman–Crippen MR) is 78.1 cm³/mol. The number of benzene rings is 1. The topological polar surface area (TPSA) is 56.7 Å². The highest BCUT2D eigenvalue weighted by Gasteiger charge is 2.13. The standard InChI is InChI=1S/C14H13ClN4/c1-2-19-13-7-9(15)3-4-12(13)18-14(19)10-5-6-17-8-11(10)16/h3-8H,2,16H2,1H3. The third kappa shape index (κ3) is 1.94. The molecule has 0 radical (unpaired) electrons. The van der Waals surface area contributed by atoms with Gasteiger partial charge in [-0.25, -0.2) is 4.98 Å². The molecule has 0 fully saturated rings. The van der Waals surface area contributed by atoms with E-state index in [1.165, 1.54) is 0 Å². The third-order valence-corrected chi connectivity index (χ3v) is 3.35. The fourth-order valence-corrected chi connectivity index (χ4v) is 2.40. The second-order valence-corrected chi connectivity index (χ2v) is 4.71. The van der Waals surface area contributed by atoms with Crippen molar-refractivity contribution in [3.05, 3.63) is 41.7 Å². The Hall–Kier alpha value is -2.07. The molecule has 5 heteroatoms. The summed E-state index contributed by atoms with van der Waals surface area (Å²) in [7, 11) is 0. The molecule has 4 nitrogen and oxygen atoms in total. The van der Waals surface area contributed by atoms with Gasteiger partial charge in [0.25, 0.3) is 0 Å². The number of nitrogens with zero attached hydrogens (tertiary/aromatic N) is 3. The molecule has 3 rings (SSSR count). The van der Waals surface area contributed by atoms with Crippen LogP contribution in [0.25, 0.3) is 22.4 Å². The number of nitrogens with two attached hydrogens (primary N) is 1. The summed E-state index contributed by atoms with van der Waals surface area (Å²) in [4.78, 5) is 8.66. The SMILES string of the molecule is CCn1c(-c2ccncc2N)nc2ccc(Cl)cc21. The molecule has 0 bridgehead atoms. The molecular weight excluding hydrogens is 260 g/mol. The number of halogens is 1. The predicted octanol–water partition coefficient (Wildman–Crippen LogP) is 3.35. The molecule has 2 N–H and O–H groups in total. The van der Waals surface area contributed by atoms with Gasteiger partial charge in [0.15, 0.2) is 0 Å². The number of anilines is 1. The van der Waals surface area contributed by atoms with E-state index in [4.69, 9.17) is 17.3 Å². The molecule has 0 saturated carbocycles. The number of hydrogen-bond donors (Lipinski definition) is 1. The van der Waals surface area contributed by atoms with Gasteiger partial charge in [0, 0.05) is 23.3 Å². The maximum absolute atomic E-state index is 6.06. The Balaban J connectivity index is 2.33. The lowest BCUT2D eigenvalue weighted by molar-refractivity contribution is 0.796. The fraction of sp³-hybridized carbons (Fsp3) is 0.143. The van der Waals surface area contributed by atoms with Gasteiger partial charge in [-0.1, -0.05) is 11.6 Å². The summed E-state index contributed by atoms with van der Waals surface area (Å²) in [6, 6.07) is 7.57.